The maximum atomic E-state index is 13.5. The molecule has 2 aromatic rings. The van der Waals surface area contributed by atoms with Crippen molar-refractivity contribution in [3.63, 3.8) is 0 Å². The minimum absolute atomic E-state index is 0.133. The molecule has 2 aromatic carbocycles. The van der Waals surface area contributed by atoms with Crippen LogP contribution in [0.2, 0.25) is 0 Å². The zero-order chi connectivity index (χ0) is 14.1. The lowest BCUT2D eigenvalue weighted by atomic mass is 9.88. The molecule has 0 bridgehead atoms. The second kappa shape index (κ2) is 5.25. The largest absolute Gasteiger partial charge is 0.497 e. The molecule has 3 rings (SSSR count). The molecule has 0 aromatic heterocycles. The minimum Gasteiger partial charge on any atom is -0.497 e. The van der Waals surface area contributed by atoms with Crippen molar-refractivity contribution in [1.29, 1.82) is 0 Å². The first-order valence-electron chi connectivity index (χ1n) is 6.88. The highest BCUT2D eigenvalue weighted by atomic mass is 19.1. The molecule has 2 nitrogen and oxygen atoms in total. The van der Waals surface area contributed by atoms with Crippen LogP contribution in [0.3, 0.4) is 0 Å². The summed E-state index contributed by atoms with van der Waals surface area (Å²) in [5.41, 5.74) is 10.7. The predicted molar refractivity (Wildman–Crippen MR) is 77.7 cm³/mol. The number of hydrogen-bond donors (Lipinski definition) is 1. The number of nitrogens with two attached hydrogens (primary N) is 1. The van der Waals surface area contributed by atoms with Crippen molar-refractivity contribution in [2.75, 3.05) is 13.7 Å². The molecular formula is C17H18FNO. The fourth-order valence-electron chi connectivity index (χ4n) is 3.09. The smallest absolute Gasteiger partial charge is 0.123 e. The highest BCUT2D eigenvalue weighted by Crippen LogP contribution is 2.35. The van der Waals surface area contributed by atoms with Gasteiger partial charge in [-0.1, -0.05) is 12.1 Å². The van der Waals surface area contributed by atoms with Crippen LogP contribution in [0.1, 0.15) is 28.2 Å². The van der Waals surface area contributed by atoms with Crippen LogP contribution in [-0.2, 0) is 12.8 Å². The van der Waals surface area contributed by atoms with Gasteiger partial charge in [-0.05, 0) is 59.4 Å². The van der Waals surface area contributed by atoms with Crippen LogP contribution in [-0.4, -0.2) is 13.7 Å². The molecule has 3 heteroatoms. The van der Waals surface area contributed by atoms with E-state index in [0.29, 0.717) is 6.54 Å². The van der Waals surface area contributed by atoms with Gasteiger partial charge in [0.05, 0.1) is 7.11 Å². The molecule has 20 heavy (non-hydrogen) atoms. The van der Waals surface area contributed by atoms with Crippen LogP contribution < -0.4 is 10.5 Å². The van der Waals surface area contributed by atoms with E-state index in [1.807, 2.05) is 12.1 Å². The van der Waals surface area contributed by atoms with Gasteiger partial charge in [0, 0.05) is 12.5 Å². The number of rotatable bonds is 2. The third-order valence-corrected chi connectivity index (χ3v) is 4.11. The van der Waals surface area contributed by atoms with Crippen LogP contribution in [0.25, 0.3) is 0 Å². The summed E-state index contributed by atoms with van der Waals surface area (Å²) in [5.74, 6) is 0.814. The first-order chi connectivity index (χ1) is 9.72. The summed E-state index contributed by atoms with van der Waals surface area (Å²) >= 11 is 0. The topological polar surface area (TPSA) is 35.2 Å². The summed E-state index contributed by atoms with van der Waals surface area (Å²) in [6, 6.07) is 11.2. The van der Waals surface area contributed by atoms with Crippen molar-refractivity contribution in [2.45, 2.75) is 18.8 Å². The summed E-state index contributed by atoms with van der Waals surface area (Å²) in [6.07, 6.45) is 1.73. The fraction of sp³-hybridized carbons (Fsp3) is 0.294. The molecule has 1 atom stereocenters. The number of methoxy groups -OCH3 is 1. The zero-order valence-corrected chi connectivity index (χ0v) is 11.5. The van der Waals surface area contributed by atoms with Crippen molar-refractivity contribution in [3.8, 4) is 5.75 Å². The second-order valence-corrected chi connectivity index (χ2v) is 5.20. The Bertz CT molecular complexity index is 639. The van der Waals surface area contributed by atoms with E-state index < -0.39 is 0 Å². The van der Waals surface area contributed by atoms with Crippen molar-refractivity contribution in [1.82, 2.24) is 0 Å². The lowest BCUT2D eigenvalue weighted by Gasteiger charge is -2.19. The Hall–Kier alpha value is -1.87. The standard InChI is InChI=1S/C17H18FNO/c1-20-14-5-7-16-12(9-14)3-2-11-8-13(18)4-6-15(11)17(16)10-19/h4-9,17H,2-3,10,19H2,1H3. The molecule has 0 fully saturated rings. The van der Waals surface area contributed by atoms with Gasteiger partial charge in [-0.2, -0.15) is 0 Å². The Morgan fingerprint density at radius 1 is 1.10 bits per heavy atom. The first-order valence-corrected chi connectivity index (χ1v) is 6.88. The number of hydrogen-bond acceptors (Lipinski definition) is 2. The zero-order valence-electron chi connectivity index (χ0n) is 11.5. The van der Waals surface area contributed by atoms with E-state index in [1.165, 1.54) is 17.2 Å². The number of benzene rings is 2. The summed E-state index contributed by atoms with van der Waals surface area (Å²) in [6.45, 7) is 0.526. The van der Waals surface area contributed by atoms with Gasteiger partial charge < -0.3 is 10.5 Å². The first kappa shape index (κ1) is 13.1. The molecule has 1 unspecified atom stereocenters. The lowest BCUT2D eigenvalue weighted by molar-refractivity contribution is 0.414. The highest BCUT2D eigenvalue weighted by molar-refractivity contribution is 5.47. The Balaban J connectivity index is 2.13. The van der Waals surface area contributed by atoms with Gasteiger partial charge in [-0.25, -0.2) is 4.39 Å². The highest BCUT2D eigenvalue weighted by Gasteiger charge is 2.23. The van der Waals surface area contributed by atoms with E-state index in [1.54, 1.807) is 13.2 Å². The van der Waals surface area contributed by atoms with E-state index in [2.05, 4.69) is 12.1 Å². The van der Waals surface area contributed by atoms with Gasteiger partial charge in [0.2, 0.25) is 0 Å². The third kappa shape index (κ3) is 2.18. The Kier molecular flexibility index (Phi) is 3.45. The van der Waals surface area contributed by atoms with Crippen LogP contribution in [0, 0.1) is 5.82 Å². The van der Waals surface area contributed by atoms with E-state index in [9.17, 15) is 4.39 Å². The molecule has 0 amide bonds. The number of fused-ring (bicyclic) bond motifs is 2. The quantitative estimate of drug-likeness (QED) is 0.911. The normalized spacial score (nSPS) is 17.1. The number of halogens is 1. The van der Waals surface area contributed by atoms with Gasteiger partial charge >= 0.3 is 0 Å². The monoisotopic (exact) mass is 271 g/mol. The molecule has 0 saturated heterocycles. The molecule has 1 aliphatic carbocycles. The molecule has 104 valence electrons. The van der Waals surface area contributed by atoms with Gasteiger partial charge in [0.1, 0.15) is 11.6 Å². The van der Waals surface area contributed by atoms with Crippen LogP contribution in [0.15, 0.2) is 36.4 Å². The van der Waals surface area contributed by atoms with Crippen molar-refractivity contribution in [3.05, 3.63) is 64.5 Å². The fourth-order valence-corrected chi connectivity index (χ4v) is 3.09. The molecular weight excluding hydrogens is 253 g/mol. The number of aryl methyl sites for hydroxylation is 2. The minimum atomic E-state index is -0.178. The van der Waals surface area contributed by atoms with Crippen molar-refractivity contribution < 1.29 is 9.13 Å². The van der Waals surface area contributed by atoms with Crippen LogP contribution in [0.4, 0.5) is 4.39 Å². The summed E-state index contributed by atoms with van der Waals surface area (Å²) in [4.78, 5) is 0. The average Bonchev–Trinajstić information content (AvgIpc) is 2.62. The molecule has 0 heterocycles. The molecule has 0 saturated carbocycles. The predicted octanol–water partition coefficient (Wildman–Crippen LogP) is 3.02. The van der Waals surface area contributed by atoms with Gasteiger partial charge in [0.25, 0.3) is 0 Å². The molecule has 0 aliphatic heterocycles. The number of ether oxygens (including phenoxy) is 1. The van der Waals surface area contributed by atoms with Crippen molar-refractivity contribution >= 4 is 0 Å². The summed E-state index contributed by atoms with van der Waals surface area (Å²) in [5, 5.41) is 0. The molecule has 0 spiro atoms. The van der Waals surface area contributed by atoms with Gasteiger partial charge in [0.15, 0.2) is 0 Å². The summed E-state index contributed by atoms with van der Waals surface area (Å²) in [7, 11) is 1.67. The second-order valence-electron chi connectivity index (χ2n) is 5.20. The Morgan fingerprint density at radius 2 is 1.75 bits per heavy atom. The van der Waals surface area contributed by atoms with Gasteiger partial charge in [-0.15, -0.1) is 0 Å². The lowest BCUT2D eigenvalue weighted by Crippen LogP contribution is -2.15. The van der Waals surface area contributed by atoms with E-state index in [0.717, 1.165) is 29.7 Å². The van der Waals surface area contributed by atoms with E-state index >= 15 is 0 Å². The van der Waals surface area contributed by atoms with E-state index in [4.69, 9.17) is 10.5 Å². The SMILES string of the molecule is COc1ccc2c(c1)CCc1cc(F)ccc1C2CN. The average molecular weight is 271 g/mol. The maximum Gasteiger partial charge on any atom is 0.123 e. The van der Waals surface area contributed by atoms with Crippen LogP contribution in [0.5, 0.6) is 5.75 Å². The van der Waals surface area contributed by atoms with Crippen molar-refractivity contribution in [2.24, 2.45) is 5.73 Å². The van der Waals surface area contributed by atoms with Gasteiger partial charge in [-0.3, -0.25) is 0 Å². The Labute approximate surface area is 118 Å². The van der Waals surface area contributed by atoms with E-state index in [-0.39, 0.29) is 11.7 Å². The maximum absolute atomic E-state index is 13.5. The Morgan fingerprint density at radius 3 is 2.40 bits per heavy atom. The molecule has 1 aliphatic rings. The van der Waals surface area contributed by atoms with Crippen LogP contribution >= 0.6 is 0 Å². The summed E-state index contributed by atoms with van der Waals surface area (Å²) < 4.78 is 18.7. The third-order valence-electron chi connectivity index (χ3n) is 4.11. The molecule has 2 N–H and O–H groups in total. The molecule has 0 radical (unpaired) electrons.